The van der Waals surface area contributed by atoms with Gasteiger partial charge in [-0.05, 0) is 47.0 Å². The highest BCUT2D eigenvalue weighted by atomic mass is 127. The van der Waals surface area contributed by atoms with E-state index in [1.807, 2.05) is 34.6 Å². The van der Waals surface area contributed by atoms with Crippen molar-refractivity contribution in [2.45, 2.75) is 66.5 Å². The molecule has 7 heteroatoms. The number of rotatable bonds is 7. The molecule has 6 nitrogen and oxygen atoms in total. The van der Waals surface area contributed by atoms with Crippen LogP contribution in [-0.4, -0.2) is 55.3 Å². The summed E-state index contributed by atoms with van der Waals surface area (Å²) in [7, 11) is 1.76. The van der Waals surface area contributed by atoms with Crippen molar-refractivity contribution in [3.63, 3.8) is 0 Å². The third-order valence-corrected chi connectivity index (χ3v) is 3.02. The number of carbonyl (C=O) groups excluding carboxylic acids is 1. The van der Waals surface area contributed by atoms with Crippen LogP contribution in [0.15, 0.2) is 4.99 Å². The first-order valence-corrected chi connectivity index (χ1v) is 8.51. The topological polar surface area (TPSA) is 66.0 Å². The number of aliphatic imine (C=N–C) groups is 1. The molecule has 2 N–H and O–H groups in total. The zero-order chi connectivity index (χ0) is 18.0. The Morgan fingerprint density at radius 2 is 1.75 bits per heavy atom. The Morgan fingerprint density at radius 1 is 1.17 bits per heavy atom. The maximum absolute atomic E-state index is 12.2. The first-order valence-electron chi connectivity index (χ1n) is 8.51. The summed E-state index contributed by atoms with van der Waals surface area (Å²) in [5.41, 5.74) is -0.467. The van der Waals surface area contributed by atoms with Gasteiger partial charge in [-0.1, -0.05) is 13.8 Å². The second-order valence-corrected chi connectivity index (χ2v) is 7.39. The number of amides is 1. The van der Waals surface area contributed by atoms with Crippen molar-refractivity contribution in [3.05, 3.63) is 0 Å². The summed E-state index contributed by atoms with van der Waals surface area (Å²) in [6, 6.07) is 0.114. The van der Waals surface area contributed by atoms with E-state index in [0.717, 1.165) is 25.5 Å². The predicted octanol–water partition coefficient (Wildman–Crippen LogP) is 3.46. The van der Waals surface area contributed by atoms with Crippen molar-refractivity contribution < 1.29 is 9.53 Å². The van der Waals surface area contributed by atoms with Crippen LogP contribution in [0.1, 0.15) is 54.9 Å². The van der Waals surface area contributed by atoms with Gasteiger partial charge in [0.25, 0.3) is 0 Å². The minimum absolute atomic E-state index is 0. The Hall–Kier alpha value is -0.730. The Kier molecular flexibility index (Phi) is 13.4. The molecule has 0 radical (unpaired) electrons. The number of carbonyl (C=O) groups is 1. The van der Waals surface area contributed by atoms with Crippen LogP contribution in [0.3, 0.4) is 0 Å². The largest absolute Gasteiger partial charge is 0.444 e. The average Bonchev–Trinajstić information content (AvgIpc) is 2.38. The lowest BCUT2D eigenvalue weighted by Gasteiger charge is -2.30. The SMILES string of the molecule is CN=C(NCCCN(C(=O)OC(C)(C)C)C(C)C)NCC(C)C.I. The van der Waals surface area contributed by atoms with E-state index in [1.165, 1.54) is 0 Å². The number of nitrogens with one attached hydrogen (secondary N) is 2. The molecular formula is C17H37IN4O2. The van der Waals surface area contributed by atoms with E-state index in [0.29, 0.717) is 12.5 Å². The van der Waals surface area contributed by atoms with Gasteiger partial charge in [-0.25, -0.2) is 4.79 Å². The molecule has 0 aliphatic rings. The van der Waals surface area contributed by atoms with Gasteiger partial charge in [-0.15, -0.1) is 24.0 Å². The fourth-order valence-corrected chi connectivity index (χ4v) is 1.86. The van der Waals surface area contributed by atoms with E-state index in [-0.39, 0.29) is 36.1 Å². The fraction of sp³-hybridized carbons (Fsp3) is 0.882. The van der Waals surface area contributed by atoms with Gasteiger partial charge >= 0.3 is 6.09 Å². The molecule has 0 bridgehead atoms. The van der Waals surface area contributed by atoms with Crippen LogP contribution < -0.4 is 10.6 Å². The van der Waals surface area contributed by atoms with Crippen molar-refractivity contribution >= 4 is 36.0 Å². The van der Waals surface area contributed by atoms with E-state index in [4.69, 9.17) is 4.74 Å². The van der Waals surface area contributed by atoms with Crippen LogP contribution in [0, 0.1) is 5.92 Å². The van der Waals surface area contributed by atoms with Crippen LogP contribution in [0.4, 0.5) is 4.79 Å². The summed E-state index contributed by atoms with van der Waals surface area (Å²) in [6.45, 7) is 16.3. The first-order chi connectivity index (χ1) is 10.6. The zero-order valence-electron chi connectivity index (χ0n) is 16.6. The van der Waals surface area contributed by atoms with Crippen molar-refractivity contribution in [2.24, 2.45) is 10.9 Å². The van der Waals surface area contributed by atoms with Crippen LogP contribution in [0.2, 0.25) is 0 Å². The molecule has 0 heterocycles. The molecule has 1 amide bonds. The number of ether oxygens (including phenoxy) is 1. The normalized spacial score (nSPS) is 12.0. The molecule has 0 unspecified atom stereocenters. The van der Waals surface area contributed by atoms with Gasteiger partial charge in [0.15, 0.2) is 5.96 Å². The lowest BCUT2D eigenvalue weighted by atomic mass is 10.2. The number of guanidine groups is 1. The van der Waals surface area contributed by atoms with Gasteiger partial charge in [0.2, 0.25) is 0 Å². The van der Waals surface area contributed by atoms with Gasteiger partial charge in [-0.3, -0.25) is 4.99 Å². The minimum atomic E-state index is -0.467. The summed E-state index contributed by atoms with van der Waals surface area (Å²) in [5, 5.41) is 6.53. The summed E-state index contributed by atoms with van der Waals surface area (Å²) >= 11 is 0. The van der Waals surface area contributed by atoms with Crippen molar-refractivity contribution in [3.8, 4) is 0 Å². The third kappa shape index (κ3) is 12.7. The maximum Gasteiger partial charge on any atom is 0.410 e. The van der Waals surface area contributed by atoms with E-state index in [2.05, 4.69) is 29.5 Å². The molecular weight excluding hydrogens is 419 g/mol. The molecule has 0 aromatic carbocycles. The Labute approximate surface area is 165 Å². The summed E-state index contributed by atoms with van der Waals surface area (Å²) in [5.74, 6) is 1.37. The summed E-state index contributed by atoms with van der Waals surface area (Å²) in [6.07, 6.45) is 0.578. The van der Waals surface area contributed by atoms with Crippen LogP contribution in [-0.2, 0) is 4.74 Å². The predicted molar refractivity (Wildman–Crippen MR) is 112 cm³/mol. The number of hydrogen-bond donors (Lipinski definition) is 2. The second-order valence-electron chi connectivity index (χ2n) is 7.39. The quantitative estimate of drug-likeness (QED) is 0.267. The Balaban J connectivity index is 0. The van der Waals surface area contributed by atoms with Gasteiger partial charge in [-0.2, -0.15) is 0 Å². The van der Waals surface area contributed by atoms with Crippen molar-refractivity contribution in [2.75, 3.05) is 26.7 Å². The lowest BCUT2D eigenvalue weighted by Crippen LogP contribution is -2.43. The van der Waals surface area contributed by atoms with E-state index in [1.54, 1.807) is 11.9 Å². The minimum Gasteiger partial charge on any atom is -0.444 e. The molecule has 144 valence electrons. The van der Waals surface area contributed by atoms with Gasteiger partial charge < -0.3 is 20.3 Å². The van der Waals surface area contributed by atoms with Crippen LogP contribution in [0.5, 0.6) is 0 Å². The number of hydrogen-bond acceptors (Lipinski definition) is 3. The maximum atomic E-state index is 12.2. The molecule has 0 aromatic heterocycles. The van der Waals surface area contributed by atoms with E-state index >= 15 is 0 Å². The molecule has 0 saturated heterocycles. The average molecular weight is 456 g/mol. The zero-order valence-corrected chi connectivity index (χ0v) is 18.9. The fourth-order valence-electron chi connectivity index (χ4n) is 1.86. The summed E-state index contributed by atoms with van der Waals surface area (Å²) < 4.78 is 5.46. The van der Waals surface area contributed by atoms with E-state index in [9.17, 15) is 4.79 Å². The molecule has 24 heavy (non-hydrogen) atoms. The van der Waals surface area contributed by atoms with Crippen molar-refractivity contribution in [1.82, 2.24) is 15.5 Å². The highest BCUT2D eigenvalue weighted by Crippen LogP contribution is 2.12. The van der Waals surface area contributed by atoms with Gasteiger partial charge in [0.1, 0.15) is 5.60 Å². The lowest BCUT2D eigenvalue weighted by molar-refractivity contribution is 0.0190. The summed E-state index contributed by atoms with van der Waals surface area (Å²) in [4.78, 5) is 18.2. The molecule has 0 atom stereocenters. The van der Waals surface area contributed by atoms with Gasteiger partial charge in [0, 0.05) is 32.7 Å². The first kappa shape index (κ1) is 25.5. The number of halogens is 1. The Bertz CT molecular complexity index is 379. The van der Waals surface area contributed by atoms with Gasteiger partial charge in [0.05, 0.1) is 0 Å². The molecule has 0 aromatic rings. The monoisotopic (exact) mass is 456 g/mol. The smallest absolute Gasteiger partial charge is 0.410 e. The molecule has 0 aliphatic carbocycles. The molecule has 0 aliphatic heterocycles. The second kappa shape index (κ2) is 12.6. The molecule has 0 rings (SSSR count). The number of nitrogens with zero attached hydrogens (tertiary/aromatic N) is 2. The third-order valence-electron chi connectivity index (χ3n) is 3.02. The molecule has 0 fully saturated rings. The highest BCUT2D eigenvalue weighted by molar-refractivity contribution is 14.0. The Morgan fingerprint density at radius 3 is 2.17 bits per heavy atom. The van der Waals surface area contributed by atoms with Crippen LogP contribution >= 0.6 is 24.0 Å². The molecule has 0 spiro atoms. The highest BCUT2D eigenvalue weighted by Gasteiger charge is 2.23. The molecule has 0 saturated carbocycles. The van der Waals surface area contributed by atoms with Crippen LogP contribution in [0.25, 0.3) is 0 Å². The standard InChI is InChI=1S/C17H36N4O2.HI/c1-13(2)12-20-15(18-8)19-10-9-11-21(14(3)4)16(22)23-17(5,6)7;/h13-14H,9-12H2,1-8H3,(H2,18,19,20);1H. The van der Waals surface area contributed by atoms with E-state index < -0.39 is 5.60 Å². The van der Waals surface area contributed by atoms with Crippen molar-refractivity contribution in [1.29, 1.82) is 0 Å².